The monoisotopic (exact) mass is 262 g/mol. The van der Waals surface area contributed by atoms with Crippen LogP contribution in [-0.2, 0) is 11.3 Å². The summed E-state index contributed by atoms with van der Waals surface area (Å²) in [6.45, 7) is 4.47. The summed E-state index contributed by atoms with van der Waals surface area (Å²) in [6, 6.07) is 2.10. The van der Waals surface area contributed by atoms with Gasteiger partial charge >= 0.3 is 0 Å². The van der Waals surface area contributed by atoms with E-state index in [-0.39, 0.29) is 5.91 Å². The SMILES string of the molecule is Cc1cc(CN)cnc1N1CCC(CC(N)=O)CC1. The molecule has 1 amide bonds. The van der Waals surface area contributed by atoms with Crippen molar-refractivity contribution in [3.05, 3.63) is 23.4 Å². The van der Waals surface area contributed by atoms with Gasteiger partial charge in [0.25, 0.3) is 0 Å². The molecule has 1 aliphatic heterocycles. The number of piperidine rings is 1. The first-order valence-electron chi connectivity index (χ1n) is 6.79. The lowest BCUT2D eigenvalue weighted by Gasteiger charge is -2.33. The van der Waals surface area contributed by atoms with Crippen molar-refractivity contribution in [3.63, 3.8) is 0 Å². The van der Waals surface area contributed by atoms with Crippen molar-refractivity contribution in [1.82, 2.24) is 4.98 Å². The van der Waals surface area contributed by atoms with Gasteiger partial charge in [-0.2, -0.15) is 0 Å². The number of anilines is 1. The standard InChI is InChI=1S/C14H22N4O/c1-10-6-12(8-15)9-17-14(10)18-4-2-11(3-5-18)7-13(16)19/h6,9,11H,2-5,7-8,15H2,1H3,(H2,16,19). The molecular formula is C14H22N4O. The first kappa shape index (κ1) is 13.8. The number of hydrogen-bond donors (Lipinski definition) is 2. The summed E-state index contributed by atoms with van der Waals surface area (Å²) < 4.78 is 0. The smallest absolute Gasteiger partial charge is 0.217 e. The molecule has 0 bridgehead atoms. The molecule has 1 saturated heterocycles. The summed E-state index contributed by atoms with van der Waals surface area (Å²) >= 11 is 0. The molecule has 2 rings (SSSR count). The summed E-state index contributed by atoms with van der Waals surface area (Å²) in [5.41, 5.74) is 13.1. The number of nitrogens with two attached hydrogens (primary N) is 2. The molecule has 5 heteroatoms. The van der Waals surface area contributed by atoms with Crippen molar-refractivity contribution in [1.29, 1.82) is 0 Å². The van der Waals surface area contributed by atoms with E-state index >= 15 is 0 Å². The van der Waals surface area contributed by atoms with Gasteiger partial charge in [0, 0.05) is 32.3 Å². The molecule has 1 aliphatic rings. The van der Waals surface area contributed by atoms with Crippen molar-refractivity contribution in [2.24, 2.45) is 17.4 Å². The van der Waals surface area contributed by atoms with Gasteiger partial charge in [0.1, 0.15) is 5.82 Å². The van der Waals surface area contributed by atoms with E-state index in [9.17, 15) is 4.79 Å². The highest BCUT2D eigenvalue weighted by Gasteiger charge is 2.22. The first-order chi connectivity index (χ1) is 9.10. The van der Waals surface area contributed by atoms with Gasteiger partial charge in [0.2, 0.25) is 5.91 Å². The average molecular weight is 262 g/mol. The van der Waals surface area contributed by atoms with Gasteiger partial charge in [-0.05, 0) is 42.9 Å². The topological polar surface area (TPSA) is 85.2 Å². The predicted octanol–water partition coefficient (Wildman–Crippen LogP) is 0.941. The van der Waals surface area contributed by atoms with Crippen LogP contribution >= 0.6 is 0 Å². The second kappa shape index (κ2) is 6.02. The van der Waals surface area contributed by atoms with Crippen LogP contribution in [-0.4, -0.2) is 24.0 Å². The molecule has 0 aliphatic carbocycles. The average Bonchev–Trinajstić information content (AvgIpc) is 2.39. The summed E-state index contributed by atoms with van der Waals surface area (Å²) in [6.07, 6.45) is 4.36. The number of hydrogen-bond acceptors (Lipinski definition) is 4. The van der Waals surface area contributed by atoms with E-state index in [2.05, 4.69) is 22.9 Å². The zero-order valence-electron chi connectivity index (χ0n) is 11.4. The molecule has 0 radical (unpaired) electrons. The Balaban J connectivity index is 1.99. The maximum atomic E-state index is 10.9. The van der Waals surface area contributed by atoms with Crippen LogP contribution in [0.25, 0.3) is 0 Å². The second-order valence-electron chi connectivity index (χ2n) is 5.29. The number of amides is 1. The molecule has 0 spiro atoms. The molecule has 0 aromatic carbocycles. The zero-order valence-corrected chi connectivity index (χ0v) is 11.4. The number of carbonyl (C=O) groups is 1. The Morgan fingerprint density at radius 3 is 2.68 bits per heavy atom. The predicted molar refractivity (Wildman–Crippen MR) is 75.6 cm³/mol. The van der Waals surface area contributed by atoms with Crippen LogP contribution in [0.1, 0.15) is 30.4 Å². The number of primary amides is 1. The molecule has 1 aromatic heterocycles. The molecule has 0 saturated carbocycles. The fourth-order valence-corrected chi connectivity index (χ4v) is 2.70. The minimum Gasteiger partial charge on any atom is -0.370 e. The van der Waals surface area contributed by atoms with Gasteiger partial charge in [-0.3, -0.25) is 4.79 Å². The van der Waals surface area contributed by atoms with Crippen LogP contribution in [0.3, 0.4) is 0 Å². The molecule has 2 heterocycles. The van der Waals surface area contributed by atoms with Crippen LogP contribution in [0.2, 0.25) is 0 Å². The quantitative estimate of drug-likeness (QED) is 0.845. The van der Waals surface area contributed by atoms with Crippen LogP contribution < -0.4 is 16.4 Å². The second-order valence-corrected chi connectivity index (χ2v) is 5.29. The fraction of sp³-hybridized carbons (Fsp3) is 0.571. The van der Waals surface area contributed by atoms with Crippen molar-refractivity contribution in [3.8, 4) is 0 Å². The number of aryl methyl sites for hydroxylation is 1. The van der Waals surface area contributed by atoms with Crippen molar-refractivity contribution in [2.75, 3.05) is 18.0 Å². The van der Waals surface area contributed by atoms with Crippen LogP contribution in [0.5, 0.6) is 0 Å². The Morgan fingerprint density at radius 1 is 1.47 bits per heavy atom. The highest BCUT2D eigenvalue weighted by atomic mass is 16.1. The molecular weight excluding hydrogens is 240 g/mol. The number of carbonyl (C=O) groups excluding carboxylic acids is 1. The van der Waals surface area contributed by atoms with Crippen LogP contribution in [0.4, 0.5) is 5.82 Å². The fourth-order valence-electron chi connectivity index (χ4n) is 2.70. The molecule has 1 fully saturated rings. The highest BCUT2D eigenvalue weighted by molar-refractivity contribution is 5.74. The number of rotatable bonds is 4. The van der Waals surface area contributed by atoms with Gasteiger partial charge in [-0.25, -0.2) is 4.98 Å². The van der Waals surface area contributed by atoms with Gasteiger partial charge < -0.3 is 16.4 Å². The Labute approximate surface area is 114 Å². The first-order valence-corrected chi connectivity index (χ1v) is 6.79. The Bertz CT molecular complexity index is 453. The van der Waals surface area contributed by atoms with E-state index in [0.717, 1.165) is 42.9 Å². The lowest BCUT2D eigenvalue weighted by atomic mass is 9.93. The maximum absolute atomic E-state index is 10.9. The molecule has 4 N–H and O–H groups in total. The Morgan fingerprint density at radius 2 is 2.16 bits per heavy atom. The Kier molecular flexibility index (Phi) is 4.37. The summed E-state index contributed by atoms with van der Waals surface area (Å²) in [4.78, 5) is 17.7. The van der Waals surface area contributed by atoms with Crippen molar-refractivity contribution < 1.29 is 4.79 Å². The van der Waals surface area contributed by atoms with Crippen molar-refractivity contribution >= 4 is 11.7 Å². The van der Waals surface area contributed by atoms with E-state index in [4.69, 9.17) is 11.5 Å². The van der Waals surface area contributed by atoms with Gasteiger partial charge in [0.15, 0.2) is 0 Å². The third-order valence-corrected chi connectivity index (χ3v) is 3.75. The van der Waals surface area contributed by atoms with Gasteiger partial charge in [0.05, 0.1) is 0 Å². The molecule has 1 aromatic rings. The van der Waals surface area contributed by atoms with E-state index < -0.39 is 0 Å². The normalized spacial score (nSPS) is 16.6. The van der Waals surface area contributed by atoms with Crippen LogP contribution in [0.15, 0.2) is 12.3 Å². The maximum Gasteiger partial charge on any atom is 0.217 e. The molecule has 104 valence electrons. The van der Waals surface area contributed by atoms with Crippen LogP contribution in [0, 0.1) is 12.8 Å². The third-order valence-electron chi connectivity index (χ3n) is 3.75. The number of pyridine rings is 1. The van der Waals surface area contributed by atoms with E-state index in [1.165, 1.54) is 0 Å². The van der Waals surface area contributed by atoms with E-state index in [1.807, 2.05) is 6.20 Å². The summed E-state index contributed by atoms with van der Waals surface area (Å²) in [7, 11) is 0. The Hall–Kier alpha value is -1.62. The zero-order chi connectivity index (χ0) is 13.8. The largest absolute Gasteiger partial charge is 0.370 e. The lowest BCUT2D eigenvalue weighted by molar-refractivity contribution is -0.119. The molecule has 5 nitrogen and oxygen atoms in total. The summed E-state index contributed by atoms with van der Waals surface area (Å²) in [5, 5.41) is 0. The van der Waals surface area contributed by atoms with Gasteiger partial charge in [-0.1, -0.05) is 0 Å². The molecule has 0 unspecified atom stereocenters. The minimum atomic E-state index is -0.194. The number of aromatic nitrogens is 1. The molecule has 0 atom stereocenters. The lowest BCUT2D eigenvalue weighted by Crippen LogP contribution is -2.36. The van der Waals surface area contributed by atoms with Gasteiger partial charge in [-0.15, -0.1) is 0 Å². The summed E-state index contributed by atoms with van der Waals surface area (Å²) in [5.74, 6) is 1.27. The molecule has 19 heavy (non-hydrogen) atoms. The minimum absolute atomic E-state index is 0.194. The highest BCUT2D eigenvalue weighted by Crippen LogP contribution is 2.26. The van der Waals surface area contributed by atoms with E-state index in [0.29, 0.717) is 18.9 Å². The third kappa shape index (κ3) is 3.44. The van der Waals surface area contributed by atoms with Crippen molar-refractivity contribution in [2.45, 2.75) is 32.7 Å². The number of nitrogens with zero attached hydrogens (tertiary/aromatic N) is 2. The van der Waals surface area contributed by atoms with E-state index in [1.54, 1.807) is 0 Å².